The van der Waals surface area contributed by atoms with E-state index in [0.29, 0.717) is 21.9 Å². The highest BCUT2D eigenvalue weighted by Crippen LogP contribution is 2.28. The van der Waals surface area contributed by atoms with Crippen molar-refractivity contribution in [3.63, 3.8) is 0 Å². The molecule has 1 N–H and O–H groups in total. The Bertz CT molecular complexity index is 1200. The van der Waals surface area contributed by atoms with E-state index >= 15 is 0 Å². The fourth-order valence-electron chi connectivity index (χ4n) is 2.30. The van der Waals surface area contributed by atoms with Gasteiger partial charge in [-0.05, 0) is 67.2 Å². The number of hydrogen-bond acceptors (Lipinski definition) is 7. The minimum atomic E-state index is -0.550. The lowest BCUT2D eigenvalue weighted by molar-refractivity contribution is 0.0729. The molecule has 0 spiro atoms. The number of aromatic amines is 1. The predicted octanol–water partition coefficient (Wildman–Crippen LogP) is 3.37. The van der Waals surface area contributed by atoms with Gasteiger partial charge in [0.15, 0.2) is 11.5 Å². The zero-order valence-electron chi connectivity index (χ0n) is 15.4. The second-order valence-electron chi connectivity index (χ2n) is 5.78. The van der Waals surface area contributed by atoms with Crippen LogP contribution in [0.1, 0.15) is 21.6 Å². The van der Waals surface area contributed by atoms with Crippen LogP contribution in [-0.2, 0) is 0 Å². The second-order valence-corrected chi connectivity index (χ2v) is 6.61. The summed E-state index contributed by atoms with van der Waals surface area (Å²) in [7, 11) is 1.45. The van der Waals surface area contributed by atoms with Gasteiger partial charge >= 0.3 is 5.97 Å². The number of nitrogens with one attached hydrogen (secondary N) is 1. The number of aromatic nitrogens is 3. The number of methoxy groups -OCH3 is 1. The van der Waals surface area contributed by atoms with Crippen LogP contribution >= 0.6 is 23.8 Å². The van der Waals surface area contributed by atoms with Crippen molar-refractivity contribution in [2.75, 3.05) is 7.11 Å². The lowest BCUT2D eigenvalue weighted by atomic mass is 10.2. The first-order valence-corrected chi connectivity index (χ1v) is 9.06. The molecular weight excluding hydrogens is 416 g/mol. The van der Waals surface area contributed by atoms with E-state index in [-0.39, 0.29) is 16.2 Å². The summed E-state index contributed by atoms with van der Waals surface area (Å²) in [5, 5.41) is 10.9. The number of esters is 1. The Kier molecular flexibility index (Phi) is 6.20. The fraction of sp³-hybridized carbons (Fsp3) is 0.105. The number of aryl methyl sites for hydroxylation is 1. The van der Waals surface area contributed by atoms with Crippen LogP contribution in [0.15, 0.2) is 52.4 Å². The van der Waals surface area contributed by atoms with Crippen molar-refractivity contribution in [1.82, 2.24) is 14.9 Å². The molecule has 0 bridgehead atoms. The van der Waals surface area contributed by atoms with Crippen LogP contribution < -0.4 is 15.0 Å². The maximum Gasteiger partial charge on any atom is 0.343 e. The number of hydrogen-bond donors (Lipinski definition) is 1. The predicted molar refractivity (Wildman–Crippen MR) is 111 cm³/mol. The van der Waals surface area contributed by atoms with E-state index in [1.807, 2.05) is 0 Å². The van der Waals surface area contributed by atoms with Crippen molar-refractivity contribution in [3.05, 3.63) is 79.4 Å². The van der Waals surface area contributed by atoms with Crippen LogP contribution in [0.5, 0.6) is 11.5 Å². The quantitative estimate of drug-likeness (QED) is 0.288. The standard InChI is InChI=1S/C19H15ClN4O4S/c1-11-17(25)24(19(29)23-22-11)21-10-12-3-8-15(16(9-12)27-2)28-18(26)13-4-6-14(20)7-5-13/h3-10H,1-2H3,(H,23,29)/b21-10-. The molecule has 148 valence electrons. The van der Waals surface area contributed by atoms with Crippen LogP contribution in [0.3, 0.4) is 0 Å². The Morgan fingerprint density at radius 1 is 1.24 bits per heavy atom. The van der Waals surface area contributed by atoms with E-state index in [4.69, 9.17) is 33.3 Å². The first-order chi connectivity index (χ1) is 13.9. The highest BCUT2D eigenvalue weighted by molar-refractivity contribution is 7.71. The van der Waals surface area contributed by atoms with Crippen molar-refractivity contribution < 1.29 is 14.3 Å². The van der Waals surface area contributed by atoms with Gasteiger partial charge in [-0.25, -0.2) is 4.79 Å². The number of H-pyrrole nitrogens is 1. The zero-order chi connectivity index (χ0) is 21.0. The van der Waals surface area contributed by atoms with E-state index in [9.17, 15) is 9.59 Å². The number of carbonyl (C=O) groups excluding carboxylic acids is 1. The lowest BCUT2D eigenvalue weighted by Crippen LogP contribution is -2.22. The molecule has 0 saturated carbocycles. The number of ether oxygens (including phenoxy) is 2. The van der Waals surface area contributed by atoms with Gasteiger partial charge in [0.2, 0.25) is 4.77 Å². The summed E-state index contributed by atoms with van der Waals surface area (Å²) in [6, 6.07) is 11.2. The number of benzene rings is 2. The number of carbonyl (C=O) groups is 1. The molecule has 0 radical (unpaired) electrons. The van der Waals surface area contributed by atoms with Crippen LogP contribution in [0.25, 0.3) is 0 Å². The van der Waals surface area contributed by atoms with Crippen molar-refractivity contribution in [2.24, 2.45) is 5.10 Å². The lowest BCUT2D eigenvalue weighted by Gasteiger charge is -2.10. The molecule has 8 nitrogen and oxygen atoms in total. The van der Waals surface area contributed by atoms with Gasteiger partial charge in [0, 0.05) is 5.02 Å². The molecule has 0 aliphatic heterocycles. The molecule has 0 aliphatic carbocycles. The highest BCUT2D eigenvalue weighted by atomic mass is 35.5. The Morgan fingerprint density at radius 2 is 1.97 bits per heavy atom. The molecule has 0 atom stereocenters. The molecule has 1 aromatic heterocycles. The van der Waals surface area contributed by atoms with Gasteiger partial charge in [0.1, 0.15) is 5.69 Å². The third-order valence-corrected chi connectivity index (χ3v) is 4.32. The molecule has 3 rings (SSSR count). The second kappa shape index (κ2) is 8.80. The fourth-order valence-corrected chi connectivity index (χ4v) is 2.60. The van der Waals surface area contributed by atoms with E-state index in [1.165, 1.54) is 13.3 Å². The van der Waals surface area contributed by atoms with Gasteiger partial charge < -0.3 is 9.47 Å². The van der Waals surface area contributed by atoms with Crippen LogP contribution in [0.4, 0.5) is 0 Å². The van der Waals surface area contributed by atoms with E-state index in [1.54, 1.807) is 49.4 Å². The van der Waals surface area contributed by atoms with Crippen molar-refractivity contribution >= 4 is 36.0 Å². The van der Waals surface area contributed by atoms with Gasteiger partial charge in [-0.1, -0.05) is 11.6 Å². The first kappa shape index (κ1) is 20.4. The average Bonchev–Trinajstić information content (AvgIpc) is 2.72. The molecule has 0 fully saturated rings. The summed E-state index contributed by atoms with van der Waals surface area (Å²) >= 11 is 10.9. The van der Waals surface area contributed by atoms with Gasteiger partial charge in [0.05, 0.1) is 18.9 Å². The summed E-state index contributed by atoms with van der Waals surface area (Å²) in [5.74, 6) is 0.00461. The topological polar surface area (TPSA) is 98.6 Å². The van der Waals surface area contributed by atoms with Crippen molar-refractivity contribution in [1.29, 1.82) is 0 Å². The van der Waals surface area contributed by atoms with Gasteiger partial charge in [-0.3, -0.25) is 9.89 Å². The maximum atomic E-state index is 12.3. The summed E-state index contributed by atoms with van der Waals surface area (Å²) < 4.78 is 11.8. The van der Waals surface area contributed by atoms with E-state index < -0.39 is 11.5 Å². The first-order valence-electron chi connectivity index (χ1n) is 8.27. The third-order valence-electron chi connectivity index (χ3n) is 3.81. The van der Waals surface area contributed by atoms with Gasteiger partial charge in [-0.2, -0.15) is 14.9 Å². The summed E-state index contributed by atoms with van der Waals surface area (Å²) in [4.78, 5) is 24.4. The van der Waals surface area contributed by atoms with Crippen LogP contribution in [0, 0.1) is 11.7 Å². The largest absolute Gasteiger partial charge is 0.493 e. The number of rotatable bonds is 5. The van der Waals surface area contributed by atoms with Crippen LogP contribution in [-0.4, -0.2) is 34.2 Å². The Hall–Kier alpha value is -3.30. The highest BCUT2D eigenvalue weighted by Gasteiger charge is 2.13. The Morgan fingerprint density at radius 3 is 2.66 bits per heavy atom. The van der Waals surface area contributed by atoms with E-state index in [2.05, 4.69) is 15.3 Å². The van der Waals surface area contributed by atoms with Gasteiger partial charge in [0.25, 0.3) is 5.56 Å². The molecule has 1 heterocycles. The van der Waals surface area contributed by atoms with Crippen LogP contribution in [0.2, 0.25) is 5.02 Å². The maximum absolute atomic E-state index is 12.3. The Labute approximate surface area is 175 Å². The summed E-state index contributed by atoms with van der Waals surface area (Å²) in [6.07, 6.45) is 1.43. The Balaban J connectivity index is 1.85. The molecule has 0 aliphatic rings. The minimum Gasteiger partial charge on any atom is -0.493 e. The SMILES string of the molecule is COc1cc(/C=N\n2c(=S)[nH]nc(C)c2=O)ccc1OC(=O)c1ccc(Cl)cc1. The molecular formula is C19H15ClN4O4S. The number of halogens is 1. The molecule has 2 aromatic carbocycles. The smallest absolute Gasteiger partial charge is 0.343 e. The monoisotopic (exact) mass is 430 g/mol. The summed E-state index contributed by atoms with van der Waals surface area (Å²) in [5.41, 5.74) is 0.760. The molecule has 0 saturated heterocycles. The summed E-state index contributed by atoms with van der Waals surface area (Å²) in [6.45, 7) is 1.55. The molecule has 10 heteroatoms. The molecule has 0 unspecified atom stereocenters. The third kappa shape index (κ3) is 4.76. The molecule has 3 aromatic rings. The van der Waals surface area contributed by atoms with Gasteiger partial charge in [-0.15, -0.1) is 0 Å². The van der Waals surface area contributed by atoms with Crippen molar-refractivity contribution in [3.8, 4) is 11.5 Å². The normalized spacial score (nSPS) is 10.9. The molecule has 0 amide bonds. The number of nitrogens with zero attached hydrogens (tertiary/aromatic N) is 3. The molecule has 29 heavy (non-hydrogen) atoms. The average molecular weight is 431 g/mol. The zero-order valence-corrected chi connectivity index (χ0v) is 17.0. The minimum absolute atomic E-state index is 0.0670. The van der Waals surface area contributed by atoms with Crippen molar-refractivity contribution in [2.45, 2.75) is 6.92 Å². The van der Waals surface area contributed by atoms with E-state index in [0.717, 1.165) is 4.68 Å².